The van der Waals surface area contributed by atoms with E-state index in [2.05, 4.69) is 9.97 Å². The quantitative estimate of drug-likeness (QED) is 0.772. The molecule has 0 bridgehead atoms. The topological polar surface area (TPSA) is 47.8 Å². The zero-order valence-electron chi connectivity index (χ0n) is 8.10. The molecule has 0 aromatic carbocycles. The smallest absolute Gasteiger partial charge is 0.293 e. The normalized spacial score (nSPS) is 10.4. The molecule has 0 aliphatic carbocycles. The Balaban J connectivity index is 2.38. The molecule has 2 heterocycles. The van der Waals surface area contributed by atoms with E-state index < -0.39 is 0 Å². The van der Waals surface area contributed by atoms with Gasteiger partial charge in [-0.05, 0) is 18.2 Å². The molecule has 2 aromatic rings. The van der Waals surface area contributed by atoms with E-state index in [1.54, 1.807) is 24.4 Å². The molecule has 2 aromatic heterocycles. The SMILES string of the molecule is O=c1ncccn1Cc1nc(Cl)ccc1Cl. The van der Waals surface area contributed by atoms with Gasteiger partial charge in [0.2, 0.25) is 0 Å². The Bertz CT molecular complexity index is 568. The van der Waals surface area contributed by atoms with Crippen LogP contribution in [0.25, 0.3) is 0 Å². The molecule has 2 rings (SSSR count). The number of halogens is 2. The fourth-order valence-corrected chi connectivity index (χ4v) is 1.57. The fraction of sp³-hybridized carbons (Fsp3) is 0.100. The van der Waals surface area contributed by atoms with Gasteiger partial charge in [-0.2, -0.15) is 0 Å². The van der Waals surface area contributed by atoms with Crippen molar-refractivity contribution in [3.05, 3.63) is 56.9 Å². The van der Waals surface area contributed by atoms with Crippen LogP contribution in [0, 0.1) is 0 Å². The van der Waals surface area contributed by atoms with Crippen molar-refractivity contribution < 1.29 is 0 Å². The van der Waals surface area contributed by atoms with Gasteiger partial charge in [-0.25, -0.2) is 14.8 Å². The molecule has 0 amide bonds. The van der Waals surface area contributed by atoms with E-state index >= 15 is 0 Å². The molecule has 0 aliphatic heterocycles. The predicted molar refractivity (Wildman–Crippen MR) is 61.9 cm³/mol. The first-order chi connectivity index (χ1) is 7.66. The summed E-state index contributed by atoms with van der Waals surface area (Å²) in [6.07, 6.45) is 3.06. The monoisotopic (exact) mass is 255 g/mol. The van der Waals surface area contributed by atoms with E-state index in [1.165, 1.54) is 10.8 Å². The Morgan fingerprint density at radius 1 is 1.31 bits per heavy atom. The van der Waals surface area contributed by atoms with Crippen molar-refractivity contribution >= 4 is 23.2 Å². The standard InChI is InChI=1S/C10H7Cl2N3O/c11-7-2-3-9(12)14-8(7)6-15-5-1-4-13-10(15)16/h1-5H,6H2. The lowest BCUT2D eigenvalue weighted by Gasteiger charge is -2.05. The van der Waals surface area contributed by atoms with Crippen LogP contribution in [0.4, 0.5) is 0 Å². The third kappa shape index (κ3) is 2.40. The maximum Gasteiger partial charge on any atom is 0.347 e. The highest BCUT2D eigenvalue weighted by Crippen LogP contribution is 2.17. The lowest BCUT2D eigenvalue weighted by Crippen LogP contribution is -2.22. The van der Waals surface area contributed by atoms with Crippen molar-refractivity contribution in [2.24, 2.45) is 0 Å². The number of pyridine rings is 1. The Morgan fingerprint density at radius 3 is 2.88 bits per heavy atom. The predicted octanol–water partition coefficient (Wildman–Crippen LogP) is 1.99. The molecule has 4 nitrogen and oxygen atoms in total. The van der Waals surface area contributed by atoms with Gasteiger partial charge >= 0.3 is 5.69 Å². The maximum atomic E-state index is 11.4. The van der Waals surface area contributed by atoms with Crippen molar-refractivity contribution in [2.45, 2.75) is 6.54 Å². The van der Waals surface area contributed by atoms with Gasteiger partial charge in [0.05, 0.1) is 17.3 Å². The molecule has 0 unspecified atom stereocenters. The largest absolute Gasteiger partial charge is 0.347 e. The van der Waals surface area contributed by atoms with Crippen LogP contribution < -0.4 is 5.69 Å². The maximum absolute atomic E-state index is 11.4. The summed E-state index contributed by atoms with van der Waals surface area (Å²) in [5.41, 5.74) is 0.199. The van der Waals surface area contributed by atoms with Gasteiger partial charge in [0.1, 0.15) is 5.15 Å². The molecular weight excluding hydrogens is 249 g/mol. The van der Waals surface area contributed by atoms with Crippen LogP contribution in [0.3, 0.4) is 0 Å². The molecule has 0 saturated carbocycles. The number of rotatable bonds is 2. The van der Waals surface area contributed by atoms with Crippen LogP contribution in [-0.2, 0) is 6.54 Å². The van der Waals surface area contributed by atoms with Crippen LogP contribution in [0.1, 0.15) is 5.69 Å². The highest BCUT2D eigenvalue weighted by atomic mass is 35.5. The Kier molecular flexibility index (Phi) is 3.22. The van der Waals surface area contributed by atoms with Gasteiger partial charge in [0.25, 0.3) is 0 Å². The minimum absolute atomic E-state index is 0.256. The Labute approximate surface area is 101 Å². The summed E-state index contributed by atoms with van der Waals surface area (Å²) >= 11 is 11.7. The number of hydrogen-bond acceptors (Lipinski definition) is 3. The summed E-state index contributed by atoms with van der Waals surface area (Å²) in [6, 6.07) is 4.91. The average Bonchev–Trinajstić information content (AvgIpc) is 2.27. The minimum atomic E-state index is -0.347. The van der Waals surface area contributed by atoms with Gasteiger partial charge in [0.15, 0.2) is 0 Å². The molecule has 82 valence electrons. The first-order valence-electron chi connectivity index (χ1n) is 4.49. The Hall–Kier alpha value is -1.39. The molecular formula is C10H7Cl2N3O. The van der Waals surface area contributed by atoms with Crippen molar-refractivity contribution in [1.29, 1.82) is 0 Å². The van der Waals surface area contributed by atoms with Crippen molar-refractivity contribution in [3.8, 4) is 0 Å². The van der Waals surface area contributed by atoms with E-state index in [4.69, 9.17) is 23.2 Å². The zero-order chi connectivity index (χ0) is 11.5. The molecule has 0 spiro atoms. The van der Waals surface area contributed by atoms with Crippen LogP contribution in [0.15, 0.2) is 35.4 Å². The number of hydrogen-bond donors (Lipinski definition) is 0. The number of aromatic nitrogens is 3. The highest BCUT2D eigenvalue weighted by Gasteiger charge is 2.05. The highest BCUT2D eigenvalue weighted by molar-refractivity contribution is 6.32. The summed E-state index contributed by atoms with van der Waals surface area (Å²) in [4.78, 5) is 19.1. The minimum Gasteiger partial charge on any atom is -0.293 e. The molecule has 0 N–H and O–H groups in total. The van der Waals surface area contributed by atoms with Crippen LogP contribution in [0.2, 0.25) is 10.2 Å². The molecule has 0 saturated heterocycles. The van der Waals surface area contributed by atoms with E-state index in [-0.39, 0.29) is 12.2 Å². The Morgan fingerprint density at radius 2 is 2.12 bits per heavy atom. The van der Waals surface area contributed by atoms with Gasteiger partial charge in [-0.15, -0.1) is 0 Å². The third-order valence-corrected chi connectivity index (χ3v) is 2.54. The van der Waals surface area contributed by atoms with Gasteiger partial charge in [0, 0.05) is 12.4 Å². The van der Waals surface area contributed by atoms with Gasteiger partial charge in [-0.1, -0.05) is 23.2 Å². The molecule has 6 heteroatoms. The second-order valence-electron chi connectivity index (χ2n) is 3.09. The van der Waals surface area contributed by atoms with E-state index in [9.17, 15) is 4.79 Å². The van der Waals surface area contributed by atoms with Crippen molar-refractivity contribution in [2.75, 3.05) is 0 Å². The van der Waals surface area contributed by atoms with E-state index in [0.717, 1.165) is 0 Å². The molecule has 0 radical (unpaired) electrons. The first kappa shape index (κ1) is 11.1. The molecule has 16 heavy (non-hydrogen) atoms. The summed E-state index contributed by atoms with van der Waals surface area (Å²) in [6.45, 7) is 0.256. The average molecular weight is 256 g/mol. The van der Waals surface area contributed by atoms with Crippen molar-refractivity contribution in [3.63, 3.8) is 0 Å². The molecule has 0 aliphatic rings. The molecule has 0 fully saturated rings. The van der Waals surface area contributed by atoms with Crippen LogP contribution in [-0.4, -0.2) is 14.5 Å². The van der Waals surface area contributed by atoms with Gasteiger partial charge in [-0.3, -0.25) is 4.57 Å². The first-order valence-corrected chi connectivity index (χ1v) is 5.25. The van der Waals surface area contributed by atoms with Gasteiger partial charge < -0.3 is 0 Å². The third-order valence-electron chi connectivity index (χ3n) is 1.99. The molecule has 0 atom stereocenters. The second-order valence-corrected chi connectivity index (χ2v) is 3.89. The lowest BCUT2D eigenvalue weighted by atomic mass is 10.3. The zero-order valence-corrected chi connectivity index (χ0v) is 9.61. The van der Waals surface area contributed by atoms with Crippen LogP contribution >= 0.6 is 23.2 Å². The summed E-state index contributed by atoms with van der Waals surface area (Å²) < 4.78 is 1.41. The van der Waals surface area contributed by atoms with E-state index in [1.807, 2.05) is 0 Å². The van der Waals surface area contributed by atoms with Crippen molar-refractivity contribution in [1.82, 2.24) is 14.5 Å². The summed E-state index contributed by atoms with van der Waals surface area (Å²) in [7, 11) is 0. The summed E-state index contributed by atoms with van der Waals surface area (Å²) in [5.74, 6) is 0. The fourth-order valence-electron chi connectivity index (χ4n) is 1.24. The van der Waals surface area contributed by atoms with E-state index in [0.29, 0.717) is 15.9 Å². The van der Waals surface area contributed by atoms with Crippen LogP contribution in [0.5, 0.6) is 0 Å². The second kappa shape index (κ2) is 4.63. The summed E-state index contributed by atoms with van der Waals surface area (Å²) in [5, 5.41) is 0.816. The lowest BCUT2D eigenvalue weighted by molar-refractivity contribution is 0.711. The number of nitrogens with zero attached hydrogens (tertiary/aromatic N) is 3.